The van der Waals surface area contributed by atoms with Crippen LogP contribution < -0.4 is 11.1 Å². The smallest absolute Gasteiger partial charge is 0.251 e. The van der Waals surface area contributed by atoms with Crippen LogP contribution in [0.3, 0.4) is 0 Å². The molecule has 1 unspecified atom stereocenters. The maximum Gasteiger partial charge on any atom is 0.251 e. The molecule has 1 rings (SSSR count). The first-order chi connectivity index (χ1) is 9.58. The van der Waals surface area contributed by atoms with E-state index in [2.05, 4.69) is 24.1 Å². The second kappa shape index (κ2) is 8.68. The van der Waals surface area contributed by atoms with E-state index in [0.29, 0.717) is 12.1 Å². The Morgan fingerprint density at radius 3 is 2.85 bits per heavy atom. The molecule has 4 heteroatoms. The lowest BCUT2D eigenvalue weighted by Crippen LogP contribution is -2.34. The number of rotatable bonds is 5. The van der Waals surface area contributed by atoms with Crippen molar-refractivity contribution in [2.24, 2.45) is 5.73 Å². The quantitative estimate of drug-likeness (QED) is 0.817. The van der Waals surface area contributed by atoms with Crippen LogP contribution in [0.1, 0.15) is 35.3 Å². The third kappa shape index (κ3) is 5.28. The maximum atomic E-state index is 12.1. The standard InChI is InChI=1S/C16H22N2OS/c1-4-20-11-13(3)18-16(19)15-8-7-14(6-5-9-17)12(2)10-15/h7-8,10,13H,4,9,11,17H2,1-3H3,(H,18,19). The number of aryl methyl sites for hydroxylation is 1. The maximum absolute atomic E-state index is 12.1. The summed E-state index contributed by atoms with van der Waals surface area (Å²) in [5, 5.41) is 3.01. The minimum atomic E-state index is -0.0318. The van der Waals surface area contributed by atoms with Crippen LogP contribution in [0.15, 0.2) is 18.2 Å². The predicted octanol–water partition coefficient (Wildman–Crippen LogP) is 2.18. The highest BCUT2D eigenvalue weighted by Crippen LogP contribution is 2.11. The van der Waals surface area contributed by atoms with E-state index >= 15 is 0 Å². The van der Waals surface area contributed by atoms with Gasteiger partial charge in [0.2, 0.25) is 0 Å². The molecule has 0 bridgehead atoms. The zero-order valence-electron chi connectivity index (χ0n) is 12.3. The van der Waals surface area contributed by atoms with Crippen molar-refractivity contribution in [2.45, 2.75) is 26.8 Å². The monoisotopic (exact) mass is 290 g/mol. The molecule has 108 valence electrons. The molecule has 1 aromatic carbocycles. The Balaban J connectivity index is 2.72. The summed E-state index contributed by atoms with van der Waals surface area (Å²) in [5.74, 6) is 7.78. The molecule has 1 amide bonds. The van der Waals surface area contributed by atoms with Gasteiger partial charge in [-0.1, -0.05) is 18.8 Å². The van der Waals surface area contributed by atoms with Gasteiger partial charge in [-0.25, -0.2) is 0 Å². The summed E-state index contributed by atoms with van der Waals surface area (Å²) in [5.41, 5.74) is 7.95. The molecule has 0 fully saturated rings. The van der Waals surface area contributed by atoms with Gasteiger partial charge in [-0.05, 0) is 43.4 Å². The molecular formula is C16H22N2OS. The fourth-order valence-corrected chi connectivity index (χ4v) is 2.41. The van der Waals surface area contributed by atoms with Gasteiger partial charge in [0.15, 0.2) is 0 Å². The molecule has 1 aromatic rings. The Labute approximate surface area is 125 Å². The SMILES string of the molecule is CCSCC(C)NC(=O)c1ccc(C#CCN)c(C)c1. The van der Waals surface area contributed by atoms with Crippen LogP contribution in [0.25, 0.3) is 0 Å². The van der Waals surface area contributed by atoms with Crippen LogP contribution in [-0.2, 0) is 0 Å². The summed E-state index contributed by atoms with van der Waals surface area (Å²) >= 11 is 1.82. The third-order valence-corrected chi connectivity index (χ3v) is 3.91. The van der Waals surface area contributed by atoms with Gasteiger partial charge >= 0.3 is 0 Å². The Bertz CT molecular complexity index is 517. The summed E-state index contributed by atoms with van der Waals surface area (Å²) in [6, 6.07) is 5.72. The van der Waals surface area contributed by atoms with Gasteiger partial charge in [-0.3, -0.25) is 4.79 Å². The van der Waals surface area contributed by atoms with E-state index in [-0.39, 0.29) is 11.9 Å². The largest absolute Gasteiger partial charge is 0.349 e. The number of nitrogens with one attached hydrogen (secondary N) is 1. The van der Waals surface area contributed by atoms with Crippen LogP contribution in [0, 0.1) is 18.8 Å². The first kappa shape index (κ1) is 16.6. The Kier molecular flexibility index (Phi) is 7.21. The van der Waals surface area contributed by atoms with E-state index < -0.39 is 0 Å². The Morgan fingerprint density at radius 2 is 2.25 bits per heavy atom. The Hall–Kier alpha value is -1.44. The number of hydrogen-bond acceptors (Lipinski definition) is 3. The average Bonchev–Trinajstić information content (AvgIpc) is 2.43. The van der Waals surface area contributed by atoms with E-state index in [0.717, 1.165) is 22.6 Å². The minimum Gasteiger partial charge on any atom is -0.349 e. The third-order valence-electron chi connectivity index (χ3n) is 2.76. The number of benzene rings is 1. The lowest BCUT2D eigenvalue weighted by Gasteiger charge is -2.13. The first-order valence-corrected chi connectivity index (χ1v) is 7.92. The molecule has 0 aliphatic rings. The first-order valence-electron chi connectivity index (χ1n) is 6.76. The molecule has 0 aromatic heterocycles. The zero-order valence-corrected chi connectivity index (χ0v) is 13.1. The molecule has 0 spiro atoms. The molecule has 0 aliphatic carbocycles. The van der Waals surface area contributed by atoms with E-state index in [1.165, 1.54) is 0 Å². The van der Waals surface area contributed by atoms with Crippen LogP contribution in [0.5, 0.6) is 0 Å². The normalized spacial score (nSPS) is 11.4. The molecular weight excluding hydrogens is 268 g/mol. The van der Waals surface area contributed by atoms with Gasteiger partial charge in [0.25, 0.3) is 5.91 Å². The summed E-state index contributed by atoms with van der Waals surface area (Å²) in [6.45, 7) is 6.43. The molecule has 20 heavy (non-hydrogen) atoms. The Morgan fingerprint density at radius 1 is 1.50 bits per heavy atom. The highest BCUT2D eigenvalue weighted by Gasteiger charge is 2.10. The highest BCUT2D eigenvalue weighted by atomic mass is 32.2. The number of thioether (sulfide) groups is 1. The van der Waals surface area contributed by atoms with Crippen molar-refractivity contribution in [1.82, 2.24) is 5.32 Å². The number of amides is 1. The van der Waals surface area contributed by atoms with E-state index in [1.807, 2.05) is 43.8 Å². The van der Waals surface area contributed by atoms with Crippen molar-refractivity contribution < 1.29 is 4.79 Å². The summed E-state index contributed by atoms with van der Waals surface area (Å²) in [7, 11) is 0. The van der Waals surface area contributed by atoms with Crippen molar-refractivity contribution in [3.63, 3.8) is 0 Å². The molecule has 3 nitrogen and oxygen atoms in total. The van der Waals surface area contributed by atoms with Crippen molar-refractivity contribution in [1.29, 1.82) is 0 Å². The lowest BCUT2D eigenvalue weighted by molar-refractivity contribution is 0.0943. The summed E-state index contributed by atoms with van der Waals surface area (Å²) in [4.78, 5) is 12.1. The minimum absolute atomic E-state index is 0.0318. The fraction of sp³-hybridized carbons (Fsp3) is 0.438. The van der Waals surface area contributed by atoms with E-state index in [9.17, 15) is 4.79 Å². The number of carbonyl (C=O) groups excluding carboxylic acids is 1. The number of hydrogen-bond donors (Lipinski definition) is 2. The number of carbonyl (C=O) groups is 1. The van der Waals surface area contributed by atoms with Gasteiger partial charge in [-0.15, -0.1) is 0 Å². The van der Waals surface area contributed by atoms with E-state index in [4.69, 9.17) is 5.73 Å². The molecule has 0 saturated heterocycles. The molecule has 0 radical (unpaired) electrons. The highest BCUT2D eigenvalue weighted by molar-refractivity contribution is 7.99. The van der Waals surface area contributed by atoms with Crippen molar-refractivity contribution in [3.8, 4) is 11.8 Å². The van der Waals surface area contributed by atoms with Gasteiger partial charge < -0.3 is 11.1 Å². The van der Waals surface area contributed by atoms with Gasteiger partial charge in [0, 0.05) is 22.9 Å². The molecule has 0 saturated carbocycles. The molecule has 0 heterocycles. The van der Waals surface area contributed by atoms with Crippen LogP contribution >= 0.6 is 11.8 Å². The molecule has 0 aliphatic heterocycles. The fourth-order valence-electron chi connectivity index (χ4n) is 1.73. The molecule has 1 atom stereocenters. The van der Waals surface area contributed by atoms with Crippen LogP contribution in [0.2, 0.25) is 0 Å². The second-order valence-corrected chi connectivity index (χ2v) is 5.89. The average molecular weight is 290 g/mol. The number of nitrogens with two attached hydrogens (primary N) is 1. The summed E-state index contributed by atoms with van der Waals surface area (Å²) in [6.07, 6.45) is 0. The predicted molar refractivity (Wildman–Crippen MR) is 87.0 cm³/mol. The van der Waals surface area contributed by atoms with Crippen molar-refractivity contribution in [2.75, 3.05) is 18.1 Å². The van der Waals surface area contributed by atoms with E-state index in [1.54, 1.807) is 0 Å². The van der Waals surface area contributed by atoms with Gasteiger partial charge in [0.05, 0.1) is 6.54 Å². The van der Waals surface area contributed by atoms with Crippen molar-refractivity contribution >= 4 is 17.7 Å². The second-order valence-electron chi connectivity index (χ2n) is 4.57. The topological polar surface area (TPSA) is 55.1 Å². The zero-order chi connectivity index (χ0) is 15.0. The van der Waals surface area contributed by atoms with Crippen LogP contribution in [-0.4, -0.2) is 30.0 Å². The molecule has 3 N–H and O–H groups in total. The lowest BCUT2D eigenvalue weighted by atomic mass is 10.0. The van der Waals surface area contributed by atoms with Crippen LogP contribution in [0.4, 0.5) is 0 Å². The summed E-state index contributed by atoms with van der Waals surface area (Å²) < 4.78 is 0. The van der Waals surface area contributed by atoms with Gasteiger partial charge in [0.1, 0.15) is 0 Å². The van der Waals surface area contributed by atoms with Crippen molar-refractivity contribution in [3.05, 3.63) is 34.9 Å². The van der Waals surface area contributed by atoms with Gasteiger partial charge in [-0.2, -0.15) is 11.8 Å².